The largest absolute Gasteiger partial charge is 0.384 e. The molecule has 106 valence electrons. The van der Waals surface area contributed by atoms with Crippen LogP contribution < -0.4 is 5.32 Å². The molecule has 0 saturated carbocycles. The summed E-state index contributed by atoms with van der Waals surface area (Å²) in [5, 5.41) is 12.0. The van der Waals surface area contributed by atoms with E-state index in [9.17, 15) is 4.79 Å². The Labute approximate surface area is 123 Å². The number of benzene rings is 1. The van der Waals surface area contributed by atoms with Gasteiger partial charge in [0.05, 0.1) is 17.2 Å². The van der Waals surface area contributed by atoms with E-state index in [1.165, 1.54) is 0 Å². The van der Waals surface area contributed by atoms with E-state index in [0.717, 1.165) is 6.42 Å². The van der Waals surface area contributed by atoms with Crippen LogP contribution in [-0.2, 0) is 4.74 Å². The van der Waals surface area contributed by atoms with Crippen LogP contribution in [-0.4, -0.2) is 36.4 Å². The highest BCUT2D eigenvalue weighted by molar-refractivity contribution is 6.32. The van der Waals surface area contributed by atoms with E-state index in [1.807, 2.05) is 6.92 Å². The zero-order valence-corrected chi connectivity index (χ0v) is 12.0. The maximum atomic E-state index is 12.2. The van der Waals surface area contributed by atoms with Crippen molar-refractivity contribution in [3.05, 3.63) is 34.3 Å². The molecule has 0 bridgehead atoms. The van der Waals surface area contributed by atoms with E-state index in [0.29, 0.717) is 29.4 Å². The van der Waals surface area contributed by atoms with Crippen molar-refractivity contribution < 1.29 is 14.6 Å². The molecule has 1 fully saturated rings. The highest BCUT2D eigenvalue weighted by Crippen LogP contribution is 2.20. The standard InChI is InChI=1S/C15H16ClNO3/c1-15(6-8-20-10-15)17-14(19)12-5-4-11(3-2-7-18)13(16)9-12/h4-5,9,18H,6-8,10H2,1H3,(H,17,19). The molecule has 1 aromatic rings. The lowest BCUT2D eigenvalue weighted by molar-refractivity contribution is 0.0890. The van der Waals surface area contributed by atoms with Crippen LogP contribution in [0.1, 0.15) is 29.3 Å². The van der Waals surface area contributed by atoms with Gasteiger partial charge in [-0.3, -0.25) is 4.79 Å². The van der Waals surface area contributed by atoms with Gasteiger partial charge < -0.3 is 15.2 Å². The van der Waals surface area contributed by atoms with Gasteiger partial charge in [0.25, 0.3) is 5.91 Å². The highest BCUT2D eigenvalue weighted by Gasteiger charge is 2.31. The molecule has 2 rings (SSSR count). The van der Waals surface area contributed by atoms with Gasteiger partial charge in [0, 0.05) is 17.7 Å². The van der Waals surface area contributed by atoms with Crippen LogP contribution in [0.4, 0.5) is 0 Å². The third-order valence-electron chi connectivity index (χ3n) is 3.17. The van der Waals surface area contributed by atoms with Gasteiger partial charge >= 0.3 is 0 Å². The van der Waals surface area contributed by atoms with Gasteiger partial charge in [-0.15, -0.1) is 0 Å². The molecule has 0 radical (unpaired) electrons. The molecule has 2 N–H and O–H groups in total. The highest BCUT2D eigenvalue weighted by atomic mass is 35.5. The number of aliphatic hydroxyl groups is 1. The second-order valence-electron chi connectivity index (χ2n) is 4.97. The van der Waals surface area contributed by atoms with Crippen molar-refractivity contribution in [2.24, 2.45) is 0 Å². The Morgan fingerprint density at radius 2 is 2.40 bits per heavy atom. The van der Waals surface area contributed by atoms with Crippen LogP contribution in [0.3, 0.4) is 0 Å². The van der Waals surface area contributed by atoms with E-state index in [1.54, 1.807) is 18.2 Å². The molecule has 0 aromatic heterocycles. The molecule has 1 unspecified atom stereocenters. The number of hydrogen-bond donors (Lipinski definition) is 2. The minimum absolute atomic E-state index is 0.179. The molecular formula is C15H16ClNO3. The number of rotatable bonds is 2. The second-order valence-corrected chi connectivity index (χ2v) is 5.38. The predicted molar refractivity (Wildman–Crippen MR) is 76.7 cm³/mol. The summed E-state index contributed by atoms with van der Waals surface area (Å²) >= 11 is 6.07. The van der Waals surface area contributed by atoms with E-state index in [-0.39, 0.29) is 18.1 Å². The van der Waals surface area contributed by atoms with Crippen LogP contribution in [0.2, 0.25) is 5.02 Å². The Hall–Kier alpha value is -1.54. The Kier molecular flexibility index (Phi) is 4.66. The minimum atomic E-state index is -0.321. The van der Waals surface area contributed by atoms with E-state index < -0.39 is 0 Å². The van der Waals surface area contributed by atoms with Gasteiger partial charge in [-0.2, -0.15) is 0 Å². The third-order valence-corrected chi connectivity index (χ3v) is 3.48. The SMILES string of the molecule is CC1(NC(=O)c2ccc(C#CCO)c(Cl)c2)CCOC1. The number of hydrogen-bond acceptors (Lipinski definition) is 3. The van der Waals surface area contributed by atoms with E-state index >= 15 is 0 Å². The monoisotopic (exact) mass is 293 g/mol. The second kappa shape index (κ2) is 6.27. The molecule has 1 heterocycles. The van der Waals surface area contributed by atoms with Gasteiger partial charge in [0.1, 0.15) is 6.61 Å². The van der Waals surface area contributed by atoms with Crippen LogP contribution in [0.15, 0.2) is 18.2 Å². The van der Waals surface area contributed by atoms with E-state index in [2.05, 4.69) is 17.2 Å². The lowest BCUT2D eigenvalue weighted by Crippen LogP contribution is -2.46. The van der Waals surface area contributed by atoms with Crippen molar-refractivity contribution in [3.8, 4) is 11.8 Å². The van der Waals surface area contributed by atoms with Crippen molar-refractivity contribution in [2.45, 2.75) is 18.9 Å². The first-order chi connectivity index (χ1) is 9.54. The van der Waals surface area contributed by atoms with Gasteiger partial charge in [0.2, 0.25) is 0 Å². The lowest BCUT2D eigenvalue weighted by Gasteiger charge is -2.23. The van der Waals surface area contributed by atoms with Crippen molar-refractivity contribution in [1.29, 1.82) is 0 Å². The number of nitrogens with one attached hydrogen (secondary N) is 1. The molecule has 0 spiro atoms. The van der Waals surface area contributed by atoms with Crippen molar-refractivity contribution in [2.75, 3.05) is 19.8 Å². The summed E-state index contributed by atoms with van der Waals surface area (Å²) in [6.45, 7) is 2.91. The van der Waals surface area contributed by atoms with Crippen molar-refractivity contribution in [1.82, 2.24) is 5.32 Å². The molecular weight excluding hydrogens is 278 g/mol. The zero-order chi connectivity index (χ0) is 14.6. The molecule has 1 saturated heterocycles. The van der Waals surface area contributed by atoms with Gasteiger partial charge in [-0.05, 0) is 31.5 Å². The normalized spacial score (nSPS) is 21.1. The van der Waals surface area contributed by atoms with Crippen LogP contribution in [0, 0.1) is 11.8 Å². The Morgan fingerprint density at radius 3 is 3.00 bits per heavy atom. The molecule has 20 heavy (non-hydrogen) atoms. The summed E-state index contributed by atoms with van der Waals surface area (Å²) in [5.41, 5.74) is 0.754. The Bertz CT molecular complexity index is 568. The van der Waals surface area contributed by atoms with Gasteiger partial charge in [0.15, 0.2) is 0 Å². The molecule has 1 atom stereocenters. The number of aliphatic hydroxyl groups excluding tert-OH is 1. The molecule has 1 aliphatic heterocycles. The number of carbonyl (C=O) groups excluding carboxylic acids is 1. The summed E-state index contributed by atoms with van der Waals surface area (Å²) in [6, 6.07) is 4.92. The fraction of sp³-hybridized carbons (Fsp3) is 0.400. The minimum Gasteiger partial charge on any atom is -0.384 e. The smallest absolute Gasteiger partial charge is 0.251 e. The van der Waals surface area contributed by atoms with E-state index in [4.69, 9.17) is 21.4 Å². The maximum Gasteiger partial charge on any atom is 0.251 e. The van der Waals surface area contributed by atoms with Crippen LogP contribution >= 0.6 is 11.6 Å². The van der Waals surface area contributed by atoms with Gasteiger partial charge in [-0.25, -0.2) is 0 Å². The molecule has 1 aliphatic rings. The summed E-state index contributed by atoms with van der Waals surface area (Å²) in [5.74, 6) is 5.07. The number of carbonyl (C=O) groups is 1. The first-order valence-electron chi connectivity index (χ1n) is 6.34. The molecule has 0 aliphatic carbocycles. The number of ether oxygens (including phenoxy) is 1. The average molecular weight is 294 g/mol. The van der Waals surface area contributed by atoms with Gasteiger partial charge in [-0.1, -0.05) is 23.4 Å². The van der Waals surface area contributed by atoms with Crippen LogP contribution in [0.5, 0.6) is 0 Å². The summed E-state index contributed by atoms with van der Waals surface area (Å²) in [7, 11) is 0. The predicted octanol–water partition coefficient (Wildman–Crippen LogP) is 1.59. The average Bonchev–Trinajstić information content (AvgIpc) is 2.83. The Balaban J connectivity index is 2.13. The summed E-state index contributed by atoms with van der Waals surface area (Å²) < 4.78 is 5.30. The summed E-state index contributed by atoms with van der Waals surface area (Å²) in [4.78, 5) is 12.2. The van der Waals surface area contributed by atoms with Crippen molar-refractivity contribution >= 4 is 17.5 Å². The quantitative estimate of drug-likeness (QED) is 0.814. The molecule has 5 heteroatoms. The topological polar surface area (TPSA) is 58.6 Å². The zero-order valence-electron chi connectivity index (χ0n) is 11.2. The first kappa shape index (κ1) is 14.9. The molecule has 4 nitrogen and oxygen atoms in total. The van der Waals surface area contributed by atoms with Crippen molar-refractivity contribution in [3.63, 3.8) is 0 Å². The Morgan fingerprint density at radius 1 is 1.60 bits per heavy atom. The third kappa shape index (κ3) is 3.51. The number of halogens is 1. The molecule has 1 aromatic carbocycles. The fourth-order valence-electron chi connectivity index (χ4n) is 2.00. The summed E-state index contributed by atoms with van der Waals surface area (Å²) in [6.07, 6.45) is 0.798. The molecule has 1 amide bonds. The lowest BCUT2D eigenvalue weighted by atomic mass is 10.0. The maximum absolute atomic E-state index is 12.2. The first-order valence-corrected chi connectivity index (χ1v) is 6.71. The fourth-order valence-corrected chi connectivity index (χ4v) is 2.23. The van der Waals surface area contributed by atoms with Crippen LogP contribution in [0.25, 0.3) is 0 Å². The number of amides is 1.